The first-order valence-electron chi connectivity index (χ1n) is 5.98. The van der Waals surface area contributed by atoms with Crippen LogP contribution in [-0.4, -0.2) is 11.1 Å². The van der Waals surface area contributed by atoms with Crippen molar-refractivity contribution in [1.82, 2.24) is 0 Å². The van der Waals surface area contributed by atoms with E-state index in [9.17, 15) is 14.3 Å². The third kappa shape index (κ3) is 3.36. The molecule has 0 spiro atoms. The molecule has 0 aliphatic carbocycles. The highest BCUT2D eigenvalue weighted by atomic mass is 79.9. The average Bonchev–Trinajstić information content (AvgIpc) is 2.39. The van der Waals surface area contributed by atoms with Gasteiger partial charge in [-0.3, -0.25) is 0 Å². The minimum atomic E-state index is -1.07. The van der Waals surface area contributed by atoms with Crippen LogP contribution in [0.2, 0.25) is 0 Å². The Bertz CT molecular complexity index is 646. The number of anilines is 1. The Hall–Kier alpha value is -1.88. The Kier molecular flexibility index (Phi) is 4.39. The summed E-state index contributed by atoms with van der Waals surface area (Å²) < 4.78 is 13.9. The smallest absolute Gasteiger partial charge is 0.330 e. The van der Waals surface area contributed by atoms with Gasteiger partial charge in [0.2, 0.25) is 0 Å². The van der Waals surface area contributed by atoms with Crippen LogP contribution >= 0.6 is 15.9 Å². The zero-order valence-corrected chi connectivity index (χ0v) is 12.3. The number of carboxylic acid groups (broad SMARTS) is 1. The molecule has 2 aromatic rings. The summed E-state index contributed by atoms with van der Waals surface area (Å²) in [6.45, 7) is 1.92. The lowest BCUT2D eigenvalue weighted by molar-refractivity contribution is -0.138. The molecule has 0 amide bonds. The van der Waals surface area contributed by atoms with E-state index >= 15 is 0 Å². The highest BCUT2D eigenvalue weighted by Crippen LogP contribution is 2.28. The fourth-order valence-corrected chi connectivity index (χ4v) is 2.39. The van der Waals surface area contributed by atoms with Crippen molar-refractivity contribution >= 4 is 27.6 Å². The molecule has 20 heavy (non-hydrogen) atoms. The van der Waals surface area contributed by atoms with Gasteiger partial charge in [-0.05, 0) is 42.8 Å². The van der Waals surface area contributed by atoms with Crippen molar-refractivity contribution in [3.05, 3.63) is 63.9 Å². The molecular formula is C15H13BrFNO2. The van der Waals surface area contributed by atoms with E-state index in [1.165, 1.54) is 18.2 Å². The highest BCUT2D eigenvalue weighted by Gasteiger charge is 2.22. The van der Waals surface area contributed by atoms with Crippen LogP contribution in [0.25, 0.3) is 0 Å². The van der Waals surface area contributed by atoms with Crippen molar-refractivity contribution in [3.8, 4) is 0 Å². The summed E-state index contributed by atoms with van der Waals surface area (Å²) in [5.41, 5.74) is 2.03. The van der Waals surface area contributed by atoms with Gasteiger partial charge < -0.3 is 10.4 Å². The van der Waals surface area contributed by atoms with Gasteiger partial charge in [-0.15, -0.1) is 0 Å². The van der Waals surface area contributed by atoms with Crippen molar-refractivity contribution in [1.29, 1.82) is 0 Å². The molecule has 5 heteroatoms. The van der Waals surface area contributed by atoms with Crippen LogP contribution in [0.15, 0.2) is 46.9 Å². The molecule has 1 atom stereocenters. The number of hydrogen-bond acceptors (Lipinski definition) is 2. The number of carboxylic acids is 1. The van der Waals surface area contributed by atoms with Crippen molar-refractivity contribution in [2.24, 2.45) is 0 Å². The first kappa shape index (κ1) is 14.5. The standard InChI is InChI=1S/C15H13BrFNO2/c1-9-3-2-4-11(7-9)18-14(15(19)20)12-8-10(17)5-6-13(12)16/h2-8,14,18H,1H3,(H,19,20). The number of benzene rings is 2. The van der Waals surface area contributed by atoms with Gasteiger partial charge in [0.05, 0.1) is 0 Å². The number of nitrogens with one attached hydrogen (secondary N) is 1. The maximum atomic E-state index is 13.3. The molecule has 0 aliphatic rings. The topological polar surface area (TPSA) is 49.3 Å². The van der Waals surface area contributed by atoms with Gasteiger partial charge in [0, 0.05) is 15.7 Å². The van der Waals surface area contributed by atoms with Gasteiger partial charge in [-0.2, -0.15) is 0 Å². The normalized spacial score (nSPS) is 11.9. The van der Waals surface area contributed by atoms with Crippen LogP contribution in [0.5, 0.6) is 0 Å². The fraction of sp³-hybridized carbons (Fsp3) is 0.133. The van der Waals surface area contributed by atoms with Crippen molar-refractivity contribution in [2.45, 2.75) is 13.0 Å². The second-order valence-electron chi connectivity index (χ2n) is 4.45. The molecule has 0 bridgehead atoms. The predicted octanol–water partition coefficient (Wildman–Crippen LogP) is 4.13. The third-order valence-electron chi connectivity index (χ3n) is 2.85. The molecule has 3 nitrogen and oxygen atoms in total. The van der Waals surface area contributed by atoms with Crippen LogP contribution < -0.4 is 5.32 Å². The number of rotatable bonds is 4. The van der Waals surface area contributed by atoms with Gasteiger partial charge in [0.1, 0.15) is 5.82 Å². The first-order chi connectivity index (χ1) is 9.47. The van der Waals surface area contributed by atoms with Crippen LogP contribution in [0.1, 0.15) is 17.2 Å². The van der Waals surface area contributed by atoms with Gasteiger partial charge in [-0.25, -0.2) is 9.18 Å². The number of carbonyl (C=O) groups is 1. The maximum Gasteiger partial charge on any atom is 0.330 e. The van der Waals surface area contributed by atoms with E-state index in [4.69, 9.17) is 0 Å². The molecule has 0 saturated heterocycles. The van der Waals surface area contributed by atoms with E-state index in [0.717, 1.165) is 5.56 Å². The van der Waals surface area contributed by atoms with E-state index in [1.54, 1.807) is 6.07 Å². The van der Waals surface area contributed by atoms with E-state index < -0.39 is 17.8 Å². The molecule has 2 N–H and O–H groups in total. The minimum absolute atomic E-state index is 0.346. The van der Waals surface area contributed by atoms with Gasteiger partial charge in [0.25, 0.3) is 0 Å². The van der Waals surface area contributed by atoms with Crippen molar-refractivity contribution in [3.63, 3.8) is 0 Å². The highest BCUT2D eigenvalue weighted by molar-refractivity contribution is 9.10. The maximum absolute atomic E-state index is 13.3. The molecule has 0 radical (unpaired) electrons. The van der Waals surface area contributed by atoms with Crippen LogP contribution in [0.3, 0.4) is 0 Å². The van der Waals surface area contributed by atoms with Gasteiger partial charge in [0.15, 0.2) is 6.04 Å². The summed E-state index contributed by atoms with van der Waals surface area (Å²) in [4.78, 5) is 11.4. The SMILES string of the molecule is Cc1cccc(NC(C(=O)O)c2cc(F)ccc2Br)c1. The predicted molar refractivity (Wildman–Crippen MR) is 79.3 cm³/mol. The number of halogens is 2. The fourth-order valence-electron chi connectivity index (χ4n) is 1.91. The molecule has 0 saturated carbocycles. The lowest BCUT2D eigenvalue weighted by Gasteiger charge is -2.18. The number of aliphatic carboxylic acids is 1. The zero-order chi connectivity index (χ0) is 14.7. The minimum Gasteiger partial charge on any atom is -0.479 e. The second-order valence-corrected chi connectivity index (χ2v) is 5.31. The lowest BCUT2D eigenvalue weighted by Crippen LogP contribution is -2.21. The zero-order valence-electron chi connectivity index (χ0n) is 10.7. The quantitative estimate of drug-likeness (QED) is 0.881. The Morgan fingerprint density at radius 2 is 2.05 bits per heavy atom. The average molecular weight is 338 g/mol. The molecule has 104 valence electrons. The molecule has 0 aliphatic heterocycles. The lowest BCUT2D eigenvalue weighted by atomic mass is 10.1. The largest absolute Gasteiger partial charge is 0.479 e. The summed E-state index contributed by atoms with van der Waals surface area (Å²) in [6, 6.07) is 10.3. The Balaban J connectivity index is 2.37. The summed E-state index contributed by atoms with van der Waals surface area (Å²) >= 11 is 3.26. The van der Waals surface area contributed by atoms with E-state index in [0.29, 0.717) is 15.7 Å². The van der Waals surface area contributed by atoms with Crippen LogP contribution in [0.4, 0.5) is 10.1 Å². The monoisotopic (exact) mass is 337 g/mol. The van der Waals surface area contributed by atoms with Crippen LogP contribution in [0, 0.1) is 12.7 Å². The molecule has 0 fully saturated rings. The number of hydrogen-bond donors (Lipinski definition) is 2. The molecule has 0 heterocycles. The summed E-state index contributed by atoms with van der Waals surface area (Å²) in [5, 5.41) is 12.3. The van der Waals surface area contributed by atoms with Crippen molar-refractivity contribution < 1.29 is 14.3 Å². The van der Waals surface area contributed by atoms with E-state index in [2.05, 4.69) is 21.2 Å². The molecular weight excluding hydrogens is 325 g/mol. The van der Waals surface area contributed by atoms with Gasteiger partial charge in [-0.1, -0.05) is 28.1 Å². The second kappa shape index (κ2) is 6.05. The summed E-state index contributed by atoms with van der Waals surface area (Å²) in [5.74, 6) is -1.54. The molecule has 0 aromatic heterocycles. The van der Waals surface area contributed by atoms with E-state index in [1.807, 2.05) is 25.1 Å². The van der Waals surface area contributed by atoms with Crippen molar-refractivity contribution in [2.75, 3.05) is 5.32 Å². The Labute approximate surface area is 124 Å². The Morgan fingerprint density at radius 1 is 1.30 bits per heavy atom. The van der Waals surface area contributed by atoms with Gasteiger partial charge >= 0.3 is 5.97 Å². The number of aryl methyl sites for hydroxylation is 1. The summed E-state index contributed by atoms with van der Waals surface area (Å²) in [7, 11) is 0. The first-order valence-corrected chi connectivity index (χ1v) is 6.77. The third-order valence-corrected chi connectivity index (χ3v) is 3.57. The molecule has 2 rings (SSSR count). The van der Waals surface area contributed by atoms with Crippen LogP contribution in [-0.2, 0) is 4.79 Å². The molecule has 1 unspecified atom stereocenters. The summed E-state index contributed by atoms with van der Waals surface area (Å²) in [6.07, 6.45) is 0. The van der Waals surface area contributed by atoms with E-state index in [-0.39, 0.29) is 0 Å². The molecule has 2 aromatic carbocycles. The Morgan fingerprint density at radius 3 is 2.70 bits per heavy atom.